The van der Waals surface area contributed by atoms with Crippen molar-refractivity contribution in [3.63, 3.8) is 0 Å². The third kappa shape index (κ3) is 4.53. The molecule has 0 aliphatic heterocycles. The smallest absolute Gasteiger partial charge is 0.326 e. The normalized spacial score (nSPS) is 12.0. The molecule has 0 aromatic carbocycles. The number of amides is 2. The van der Waals surface area contributed by atoms with E-state index in [0.29, 0.717) is 13.1 Å². The van der Waals surface area contributed by atoms with Crippen molar-refractivity contribution >= 4 is 12.0 Å². The second-order valence-electron chi connectivity index (χ2n) is 4.84. The lowest BCUT2D eigenvalue weighted by Gasteiger charge is -2.25. The third-order valence-corrected chi connectivity index (χ3v) is 2.96. The Kier molecular flexibility index (Phi) is 5.96. The van der Waals surface area contributed by atoms with Crippen molar-refractivity contribution in [2.24, 2.45) is 5.92 Å². The lowest BCUT2D eigenvalue weighted by Crippen LogP contribution is -2.49. The Hall–Kier alpha value is -2.11. The fraction of sp³-hybridized carbons (Fsp3) is 0.500. The summed E-state index contributed by atoms with van der Waals surface area (Å²) < 4.78 is 0. The first-order chi connectivity index (χ1) is 9.45. The molecule has 1 atom stereocenters. The fourth-order valence-corrected chi connectivity index (χ4v) is 1.75. The molecule has 6 nitrogen and oxygen atoms in total. The van der Waals surface area contributed by atoms with Gasteiger partial charge < -0.3 is 15.3 Å². The number of carbonyl (C=O) groups is 2. The number of nitrogens with one attached hydrogen (secondary N) is 1. The summed E-state index contributed by atoms with van der Waals surface area (Å²) in [7, 11) is 0. The quantitative estimate of drug-likeness (QED) is 0.830. The Morgan fingerprint density at radius 2 is 2.10 bits per heavy atom. The van der Waals surface area contributed by atoms with Crippen molar-refractivity contribution in [3.8, 4) is 0 Å². The summed E-state index contributed by atoms with van der Waals surface area (Å²) in [6.45, 7) is 6.19. The van der Waals surface area contributed by atoms with E-state index < -0.39 is 12.0 Å². The van der Waals surface area contributed by atoms with Crippen molar-refractivity contribution < 1.29 is 14.7 Å². The highest BCUT2D eigenvalue weighted by molar-refractivity contribution is 5.82. The van der Waals surface area contributed by atoms with Crippen LogP contribution in [-0.4, -0.2) is 39.6 Å². The van der Waals surface area contributed by atoms with Gasteiger partial charge in [-0.15, -0.1) is 0 Å². The van der Waals surface area contributed by atoms with Crippen LogP contribution in [0.1, 0.15) is 26.5 Å². The van der Waals surface area contributed by atoms with Crippen LogP contribution >= 0.6 is 0 Å². The molecule has 1 aromatic heterocycles. The summed E-state index contributed by atoms with van der Waals surface area (Å²) >= 11 is 0. The van der Waals surface area contributed by atoms with Crippen LogP contribution in [0.15, 0.2) is 24.4 Å². The maximum atomic E-state index is 12.1. The van der Waals surface area contributed by atoms with Gasteiger partial charge in [0.25, 0.3) is 0 Å². The van der Waals surface area contributed by atoms with E-state index in [1.807, 2.05) is 19.1 Å². The van der Waals surface area contributed by atoms with E-state index in [-0.39, 0.29) is 11.9 Å². The van der Waals surface area contributed by atoms with Crippen molar-refractivity contribution in [2.45, 2.75) is 33.4 Å². The Bertz CT molecular complexity index is 448. The molecule has 0 aliphatic rings. The second-order valence-corrected chi connectivity index (χ2v) is 4.84. The van der Waals surface area contributed by atoms with E-state index in [2.05, 4.69) is 10.3 Å². The van der Waals surface area contributed by atoms with Crippen molar-refractivity contribution in [2.75, 3.05) is 6.54 Å². The Morgan fingerprint density at radius 3 is 2.55 bits per heavy atom. The van der Waals surface area contributed by atoms with Crippen LogP contribution in [0.5, 0.6) is 0 Å². The van der Waals surface area contributed by atoms with Gasteiger partial charge >= 0.3 is 12.0 Å². The lowest BCUT2D eigenvalue weighted by atomic mass is 10.1. The number of urea groups is 1. The zero-order chi connectivity index (χ0) is 15.1. The van der Waals surface area contributed by atoms with Gasteiger partial charge in [-0.3, -0.25) is 4.98 Å². The molecule has 1 heterocycles. The number of aromatic nitrogens is 1. The molecule has 0 saturated heterocycles. The number of hydrogen-bond donors (Lipinski definition) is 2. The van der Waals surface area contributed by atoms with Crippen LogP contribution < -0.4 is 5.32 Å². The zero-order valence-electron chi connectivity index (χ0n) is 12.0. The molecule has 20 heavy (non-hydrogen) atoms. The summed E-state index contributed by atoms with van der Waals surface area (Å²) in [5, 5.41) is 11.6. The predicted octanol–water partition coefficient (Wildman–Crippen LogP) is 1.72. The molecule has 0 fully saturated rings. The molecule has 2 N–H and O–H groups in total. The number of hydrogen-bond acceptors (Lipinski definition) is 3. The third-order valence-electron chi connectivity index (χ3n) is 2.96. The van der Waals surface area contributed by atoms with E-state index in [1.54, 1.807) is 26.1 Å². The summed E-state index contributed by atoms with van der Waals surface area (Å²) in [5.74, 6) is -1.20. The van der Waals surface area contributed by atoms with Crippen LogP contribution in [0.2, 0.25) is 0 Å². The van der Waals surface area contributed by atoms with Gasteiger partial charge in [-0.2, -0.15) is 0 Å². The van der Waals surface area contributed by atoms with Crippen molar-refractivity contribution in [1.29, 1.82) is 0 Å². The standard InChI is InChI=1S/C14H21N3O3/c1-4-17(9-11-7-5-6-8-15-11)14(20)16-12(10(2)3)13(18)19/h5-8,10,12H,4,9H2,1-3H3,(H,16,20)(H,18,19)/t12-/m0/s1. The first kappa shape index (κ1) is 15.9. The number of carbonyl (C=O) groups excluding carboxylic acids is 1. The molecule has 1 aromatic rings. The minimum Gasteiger partial charge on any atom is -0.480 e. The van der Waals surface area contributed by atoms with Gasteiger partial charge in [-0.1, -0.05) is 19.9 Å². The summed E-state index contributed by atoms with van der Waals surface area (Å²) in [5.41, 5.74) is 0.765. The second kappa shape index (κ2) is 7.47. The van der Waals surface area contributed by atoms with Gasteiger partial charge in [-0.25, -0.2) is 9.59 Å². The molecule has 0 saturated carbocycles. The maximum absolute atomic E-state index is 12.1. The molecule has 1 rings (SSSR count). The average molecular weight is 279 g/mol. The van der Waals surface area contributed by atoms with Crippen LogP contribution in [-0.2, 0) is 11.3 Å². The molecule has 0 spiro atoms. The molecular weight excluding hydrogens is 258 g/mol. The zero-order valence-corrected chi connectivity index (χ0v) is 12.0. The first-order valence-electron chi connectivity index (χ1n) is 6.63. The number of aliphatic carboxylic acids is 1. The van der Waals surface area contributed by atoms with E-state index in [4.69, 9.17) is 5.11 Å². The van der Waals surface area contributed by atoms with Gasteiger partial charge in [0.05, 0.1) is 12.2 Å². The molecule has 6 heteroatoms. The summed E-state index contributed by atoms with van der Waals surface area (Å²) in [6, 6.07) is 4.20. The van der Waals surface area contributed by atoms with E-state index >= 15 is 0 Å². The molecule has 0 aliphatic carbocycles. The van der Waals surface area contributed by atoms with E-state index in [1.165, 1.54) is 4.90 Å². The lowest BCUT2D eigenvalue weighted by molar-refractivity contribution is -0.140. The molecule has 0 unspecified atom stereocenters. The Balaban J connectivity index is 2.69. The predicted molar refractivity (Wildman–Crippen MR) is 75.1 cm³/mol. The van der Waals surface area contributed by atoms with E-state index in [9.17, 15) is 9.59 Å². The van der Waals surface area contributed by atoms with Gasteiger partial charge in [-0.05, 0) is 25.0 Å². The van der Waals surface area contributed by atoms with Gasteiger partial charge in [0.15, 0.2) is 0 Å². The molecule has 0 bridgehead atoms. The van der Waals surface area contributed by atoms with Gasteiger partial charge in [0.1, 0.15) is 6.04 Å². The first-order valence-corrected chi connectivity index (χ1v) is 6.63. The van der Waals surface area contributed by atoms with Crippen LogP contribution in [0.4, 0.5) is 4.79 Å². The van der Waals surface area contributed by atoms with Gasteiger partial charge in [0.2, 0.25) is 0 Å². The van der Waals surface area contributed by atoms with Crippen LogP contribution in [0, 0.1) is 5.92 Å². The number of carboxylic acids is 1. The Morgan fingerprint density at radius 1 is 1.40 bits per heavy atom. The maximum Gasteiger partial charge on any atom is 0.326 e. The Labute approximate surface area is 118 Å². The highest BCUT2D eigenvalue weighted by Gasteiger charge is 2.25. The number of pyridine rings is 1. The average Bonchev–Trinajstić information content (AvgIpc) is 2.42. The minimum absolute atomic E-state index is 0.176. The largest absolute Gasteiger partial charge is 0.480 e. The molecular formula is C14H21N3O3. The highest BCUT2D eigenvalue weighted by Crippen LogP contribution is 2.05. The number of nitrogens with zero attached hydrogens (tertiary/aromatic N) is 2. The van der Waals surface area contributed by atoms with Crippen LogP contribution in [0.25, 0.3) is 0 Å². The highest BCUT2D eigenvalue weighted by atomic mass is 16.4. The molecule has 2 amide bonds. The van der Waals surface area contributed by atoms with Crippen LogP contribution in [0.3, 0.4) is 0 Å². The van der Waals surface area contributed by atoms with Crippen molar-refractivity contribution in [1.82, 2.24) is 15.2 Å². The topological polar surface area (TPSA) is 82.5 Å². The van der Waals surface area contributed by atoms with Crippen molar-refractivity contribution in [3.05, 3.63) is 30.1 Å². The monoisotopic (exact) mass is 279 g/mol. The molecule has 0 radical (unpaired) electrons. The number of rotatable bonds is 6. The van der Waals surface area contributed by atoms with Gasteiger partial charge in [0, 0.05) is 12.7 Å². The number of carboxylic acid groups (broad SMARTS) is 1. The fourth-order valence-electron chi connectivity index (χ4n) is 1.75. The SMILES string of the molecule is CCN(Cc1ccccn1)C(=O)N[C@H](C(=O)O)C(C)C. The molecule has 110 valence electrons. The summed E-state index contributed by atoms with van der Waals surface area (Å²) in [6.07, 6.45) is 1.66. The summed E-state index contributed by atoms with van der Waals surface area (Å²) in [4.78, 5) is 28.9. The minimum atomic E-state index is -1.03. The van der Waals surface area contributed by atoms with E-state index in [0.717, 1.165) is 5.69 Å².